The molecule has 0 saturated heterocycles. The normalized spacial score (nSPS) is 22.4. The lowest BCUT2D eigenvalue weighted by Crippen LogP contribution is -2.39. The molecule has 1 aromatic rings. The van der Waals surface area contributed by atoms with E-state index in [0.29, 0.717) is 0 Å². The lowest BCUT2D eigenvalue weighted by molar-refractivity contribution is 0.617. The summed E-state index contributed by atoms with van der Waals surface area (Å²) in [4.78, 5) is 2.51. The molecule has 3 rings (SSSR count). The summed E-state index contributed by atoms with van der Waals surface area (Å²) < 4.78 is 0. The second-order valence-electron chi connectivity index (χ2n) is 5.37. The first kappa shape index (κ1) is 10.2. The third kappa shape index (κ3) is 1.94. The van der Waals surface area contributed by atoms with Crippen molar-refractivity contribution in [2.75, 3.05) is 18.0 Å². The second-order valence-corrected chi connectivity index (χ2v) is 5.37. The van der Waals surface area contributed by atoms with E-state index in [1.807, 2.05) is 0 Å². The van der Waals surface area contributed by atoms with Crippen LogP contribution in [0.5, 0.6) is 0 Å². The van der Waals surface area contributed by atoms with Gasteiger partial charge in [-0.15, -0.1) is 0 Å². The first-order chi connectivity index (χ1) is 7.77. The highest BCUT2D eigenvalue weighted by Crippen LogP contribution is 2.36. The van der Waals surface area contributed by atoms with Gasteiger partial charge in [0.1, 0.15) is 0 Å². The van der Waals surface area contributed by atoms with Gasteiger partial charge >= 0.3 is 0 Å². The molecule has 0 spiro atoms. The van der Waals surface area contributed by atoms with Gasteiger partial charge in [-0.25, -0.2) is 0 Å². The van der Waals surface area contributed by atoms with Gasteiger partial charge in [-0.3, -0.25) is 0 Å². The molecule has 0 radical (unpaired) electrons. The number of hydrogen-bond acceptors (Lipinski definition) is 2. The van der Waals surface area contributed by atoms with E-state index in [9.17, 15) is 0 Å². The van der Waals surface area contributed by atoms with Crippen molar-refractivity contribution in [3.63, 3.8) is 0 Å². The minimum Gasteiger partial charge on any atom is -0.369 e. The summed E-state index contributed by atoms with van der Waals surface area (Å²) in [5.74, 6) is 0. The van der Waals surface area contributed by atoms with Gasteiger partial charge in [0.2, 0.25) is 0 Å². The number of para-hydroxylation sites is 1. The fraction of sp³-hybridized carbons (Fsp3) is 0.571. The Morgan fingerprint density at radius 3 is 2.81 bits per heavy atom. The van der Waals surface area contributed by atoms with Gasteiger partial charge in [0.15, 0.2) is 0 Å². The highest BCUT2D eigenvalue weighted by atomic mass is 15.2. The zero-order chi connectivity index (χ0) is 11.0. The third-order valence-corrected chi connectivity index (χ3v) is 3.85. The van der Waals surface area contributed by atoms with Gasteiger partial charge < -0.3 is 10.6 Å². The van der Waals surface area contributed by atoms with Gasteiger partial charge in [0, 0.05) is 24.3 Å². The average Bonchev–Trinajstić information content (AvgIpc) is 3.04. The van der Waals surface area contributed by atoms with E-state index < -0.39 is 0 Å². The number of fused-ring (bicyclic) bond motifs is 1. The maximum atomic E-state index is 6.24. The summed E-state index contributed by atoms with van der Waals surface area (Å²) in [5, 5.41) is 0. The molecular formula is C14H20N2. The van der Waals surface area contributed by atoms with Crippen LogP contribution in [0, 0.1) is 0 Å². The van der Waals surface area contributed by atoms with Crippen molar-refractivity contribution in [2.45, 2.75) is 37.6 Å². The van der Waals surface area contributed by atoms with E-state index in [-0.39, 0.29) is 5.54 Å². The van der Waals surface area contributed by atoms with E-state index in [2.05, 4.69) is 29.2 Å². The van der Waals surface area contributed by atoms with Crippen LogP contribution in [0.25, 0.3) is 0 Å². The van der Waals surface area contributed by atoms with Crippen LogP contribution in [0.15, 0.2) is 24.3 Å². The molecule has 1 saturated carbocycles. The Kier molecular flexibility index (Phi) is 2.40. The highest BCUT2D eigenvalue weighted by molar-refractivity contribution is 5.55. The Bertz CT molecular complexity index is 382. The largest absolute Gasteiger partial charge is 0.369 e. The lowest BCUT2D eigenvalue weighted by Gasteiger charge is -2.27. The molecule has 1 aliphatic carbocycles. The first-order valence-corrected chi connectivity index (χ1v) is 6.39. The Balaban J connectivity index is 1.87. The molecule has 0 amide bonds. The molecular weight excluding hydrogens is 196 g/mol. The van der Waals surface area contributed by atoms with Gasteiger partial charge in [-0.1, -0.05) is 18.2 Å². The van der Waals surface area contributed by atoms with E-state index in [1.165, 1.54) is 49.9 Å². The summed E-state index contributed by atoms with van der Waals surface area (Å²) >= 11 is 0. The maximum absolute atomic E-state index is 6.24. The van der Waals surface area contributed by atoms with Crippen molar-refractivity contribution in [3.8, 4) is 0 Å². The number of hydrogen-bond donors (Lipinski definition) is 1. The molecule has 1 aromatic carbocycles. The van der Waals surface area contributed by atoms with E-state index in [1.54, 1.807) is 0 Å². The van der Waals surface area contributed by atoms with Crippen molar-refractivity contribution in [2.24, 2.45) is 5.73 Å². The Labute approximate surface area is 97.4 Å². The zero-order valence-electron chi connectivity index (χ0n) is 9.78. The average molecular weight is 216 g/mol. The Hall–Kier alpha value is -1.02. The number of benzene rings is 1. The number of aryl methyl sites for hydroxylation is 1. The first-order valence-electron chi connectivity index (χ1n) is 6.39. The minimum atomic E-state index is 0.122. The number of nitrogens with two attached hydrogens (primary N) is 1. The van der Waals surface area contributed by atoms with Crippen LogP contribution < -0.4 is 10.6 Å². The fourth-order valence-electron chi connectivity index (χ4n) is 2.63. The Morgan fingerprint density at radius 2 is 2.00 bits per heavy atom. The van der Waals surface area contributed by atoms with Crippen LogP contribution in [0.1, 0.15) is 31.2 Å². The van der Waals surface area contributed by atoms with Crippen molar-refractivity contribution in [1.29, 1.82) is 0 Å². The fourth-order valence-corrected chi connectivity index (χ4v) is 2.63. The molecule has 1 fully saturated rings. The summed E-state index contributed by atoms with van der Waals surface area (Å²) in [7, 11) is 0. The van der Waals surface area contributed by atoms with Crippen LogP contribution >= 0.6 is 0 Å². The molecule has 0 unspecified atom stereocenters. The minimum absolute atomic E-state index is 0.122. The van der Waals surface area contributed by atoms with Crippen molar-refractivity contribution in [3.05, 3.63) is 29.8 Å². The standard InChI is InChI=1S/C14H20N2/c15-14(8-9-14)11-16-10-4-3-6-12-5-1-2-7-13(12)16/h1-2,5,7H,3-4,6,8-11,15H2. The van der Waals surface area contributed by atoms with Gasteiger partial charge in [-0.2, -0.15) is 0 Å². The van der Waals surface area contributed by atoms with Crippen LogP contribution in [0.3, 0.4) is 0 Å². The molecule has 2 heteroatoms. The highest BCUT2D eigenvalue weighted by Gasteiger charge is 2.40. The topological polar surface area (TPSA) is 29.3 Å². The second kappa shape index (κ2) is 3.77. The number of anilines is 1. The van der Waals surface area contributed by atoms with Crippen LogP contribution in [0.4, 0.5) is 5.69 Å². The zero-order valence-corrected chi connectivity index (χ0v) is 9.78. The van der Waals surface area contributed by atoms with Gasteiger partial charge in [0.05, 0.1) is 0 Å². The monoisotopic (exact) mass is 216 g/mol. The van der Waals surface area contributed by atoms with E-state index >= 15 is 0 Å². The van der Waals surface area contributed by atoms with Crippen molar-refractivity contribution < 1.29 is 0 Å². The summed E-state index contributed by atoms with van der Waals surface area (Å²) in [6.45, 7) is 2.22. The molecule has 2 N–H and O–H groups in total. The molecule has 1 heterocycles. The molecule has 16 heavy (non-hydrogen) atoms. The molecule has 0 atom stereocenters. The Morgan fingerprint density at radius 1 is 1.19 bits per heavy atom. The predicted octanol–water partition coefficient (Wildman–Crippen LogP) is 2.32. The molecule has 86 valence electrons. The van der Waals surface area contributed by atoms with Gasteiger partial charge in [-0.05, 0) is 43.7 Å². The number of nitrogens with zero attached hydrogens (tertiary/aromatic N) is 1. The van der Waals surface area contributed by atoms with Crippen LogP contribution in [-0.2, 0) is 6.42 Å². The van der Waals surface area contributed by atoms with Crippen molar-refractivity contribution >= 4 is 5.69 Å². The summed E-state index contributed by atoms with van der Waals surface area (Å²) in [5.41, 5.74) is 9.30. The quantitative estimate of drug-likeness (QED) is 0.822. The molecule has 2 aliphatic rings. The maximum Gasteiger partial charge on any atom is 0.0399 e. The molecule has 0 aromatic heterocycles. The molecule has 0 bridgehead atoms. The van der Waals surface area contributed by atoms with E-state index in [0.717, 1.165) is 6.54 Å². The molecule has 1 aliphatic heterocycles. The van der Waals surface area contributed by atoms with Crippen molar-refractivity contribution in [1.82, 2.24) is 0 Å². The number of rotatable bonds is 2. The SMILES string of the molecule is NC1(CN2CCCCc3ccccc32)CC1. The summed E-state index contributed by atoms with van der Waals surface area (Å²) in [6, 6.07) is 8.82. The smallest absolute Gasteiger partial charge is 0.0399 e. The molecule has 2 nitrogen and oxygen atoms in total. The summed E-state index contributed by atoms with van der Waals surface area (Å²) in [6.07, 6.45) is 6.23. The van der Waals surface area contributed by atoms with Gasteiger partial charge in [0.25, 0.3) is 0 Å². The van der Waals surface area contributed by atoms with E-state index in [4.69, 9.17) is 5.73 Å². The van der Waals surface area contributed by atoms with Crippen LogP contribution in [0.2, 0.25) is 0 Å². The third-order valence-electron chi connectivity index (χ3n) is 3.85. The lowest BCUT2D eigenvalue weighted by atomic mass is 10.1. The predicted molar refractivity (Wildman–Crippen MR) is 67.7 cm³/mol. The van der Waals surface area contributed by atoms with Crippen LogP contribution in [-0.4, -0.2) is 18.6 Å².